The maximum absolute atomic E-state index is 12.8. The predicted octanol–water partition coefficient (Wildman–Crippen LogP) is 1.54. The molecule has 2 nitrogen and oxygen atoms in total. The molecule has 0 aromatic carbocycles. The number of halogens is 1. The molecule has 1 aliphatic rings. The minimum Gasteiger partial charge on any atom is -0.379 e. The summed E-state index contributed by atoms with van der Waals surface area (Å²) < 4.78 is 23.0. The third-order valence-electron chi connectivity index (χ3n) is 2.27. The second-order valence-corrected chi connectivity index (χ2v) is 2.96. The fraction of sp³-hybridized carbons (Fsp3) is 1.00. The van der Waals surface area contributed by atoms with Crippen molar-refractivity contribution in [3.63, 3.8) is 0 Å². The molecule has 66 valence electrons. The Balaban J connectivity index is 2.41. The van der Waals surface area contributed by atoms with Gasteiger partial charge >= 0.3 is 0 Å². The summed E-state index contributed by atoms with van der Waals surface area (Å²) >= 11 is 0. The molecule has 0 heterocycles. The minimum atomic E-state index is -0.702. The minimum absolute atomic E-state index is 0.0521. The van der Waals surface area contributed by atoms with Crippen LogP contribution in [0.1, 0.15) is 19.3 Å². The molecule has 3 unspecified atom stereocenters. The number of hydrogen-bond acceptors (Lipinski definition) is 2. The van der Waals surface area contributed by atoms with E-state index in [1.165, 1.54) is 0 Å². The molecule has 0 aromatic rings. The molecule has 0 spiro atoms. The van der Waals surface area contributed by atoms with Gasteiger partial charge in [0, 0.05) is 20.6 Å². The lowest BCUT2D eigenvalue weighted by Crippen LogP contribution is -2.37. The molecule has 0 aliphatic heterocycles. The molecular weight excluding hydrogens is 147 g/mol. The zero-order valence-electron chi connectivity index (χ0n) is 7.05. The van der Waals surface area contributed by atoms with Gasteiger partial charge in [-0.05, 0) is 12.8 Å². The first-order valence-electron chi connectivity index (χ1n) is 3.97. The van der Waals surface area contributed by atoms with Crippen LogP contribution in [-0.4, -0.2) is 32.6 Å². The Morgan fingerprint density at radius 2 is 1.73 bits per heavy atom. The van der Waals surface area contributed by atoms with Gasteiger partial charge in [0.25, 0.3) is 0 Å². The van der Waals surface area contributed by atoms with E-state index in [2.05, 4.69) is 0 Å². The molecule has 11 heavy (non-hydrogen) atoms. The van der Waals surface area contributed by atoms with E-state index in [1.807, 2.05) is 0 Å². The van der Waals surface area contributed by atoms with Crippen molar-refractivity contribution in [3.05, 3.63) is 0 Å². The van der Waals surface area contributed by atoms with E-state index in [9.17, 15) is 4.39 Å². The number of methoxy groups -OCH3 is 2. The Hall–Kier alpha value is -0.150. The van der Waals surface area contributed by atoms with Crippen molar-refractivity contribution in [1.29, 1.82) is 0 Å². The fourth-order valence-electron chi connectivity index (χ4n) is 1.57. The SMILES string of the molecule is COC1CCC(F)CC1OC. The predicted molar refractivity (Wildman–Crippen MR) is 40.3 cm³/mol. The van der Waals surface area contributed by atoms with Gasteiger partial charge in [-0.25, -0.2) is 4.39 Å². The van der Waals surface area contributed by atoms with E-state index in [0.29, 0.717) is 12.8 Å². The van der Waals surface area contributed by atoms with Gasteiger partial charge in [0.15, 0.2) is 0 Å². The topological polar surface area (TPSA) is 18.5 Å². The lowest BCUT2D eigenvalue weighted by atomic mass is 9.93. The van der Waals surface area contributed by atoms with Crippen molar-refractivity contribution in [2.75, 3.05) is 14.2 Å². The monoisotopic (exact) mass is 162 g/mol. The number of hydrogen-bond donors (Lipinski definition) is 0. The largest absolute Gasteiger partial charge is 0.379 e. The molecule has 0 radical (unpaired) electrons. The van der Waals surface area contributed by atoms with Crippen LogP contribution in [0.15, 0.2) is 0 Å². The Morgan fingerprint density at radius 1 is 1.09 bits per heavy atom. The highest BCUT2D eigenvalue weighted by molar-refractivity contribution is 4.80. The summed E-state index contributed by atoms with van der Waals surface area (Å²) in [5.41, 5.74) is 0. The van der Waals surface area contributed by atoms with Crippen LogP contribution < -0.4 is 0 Å². The second-order valence-electron chi connectivity index (χ2n) is 2.96. The standard InChI is InChI=1S/C8H15FO2/c1-10-7-4-3-6(9)5-8(7)11-2/h6-8H,3-5H2,1-2H3. The van der Waals surface area contributed by atoms with Gasteiger partial charge in [0.05, 0.1) is 12.2 Å². The van der Waals surface area contributed by atoms with Gasteiger partial charge in [-0.15, -0.1) is 0 Å². The summed E-state index contributed by atoms with van der Waals surface area (Å²) in [7, 11) is 3.25. The third kappa shape index (κ3) is 2.14. The first-order valence-corrected chi connectivity index (χ1v) is 3.97. The highest BCUT2D eigenvalue weighted by Crippen LogP contribution is 2.25. The molecule has 3 atom stereocenters. The van der Waals surface area contributed by atoms with Crippen molar-refractivity contribution in [2.24, 2.45) is 0 Å². The van der Waals surface area contributed by atoms with E-state index < -0.39 is 6.17 Å². The zero-order valence-corrected chi connectivity index (χ0v) is 7.05. The molecule has 1 aliphatic carbocycles. The van der Waals surface area contributed by atoms with Crippen LogP contribution in [0.4, 0.5) is 4.39 Å². The first kappa shape index (κ1) is 8.94. The summed E-state index contributed by atoms with van der Waals surface area (Å²) in [6.45, 7) is 0. The summed E-state index contributed by atoms with van der Waals surface area (Å²) in [5.74, 6) is 0. The van der Waals surface area contributed by atoms with Gasteiger partial charge in [-0.1, -0.05) is 0 Å². The number of rotatable bonds is 2. The second kappa shape index (κ2) is 4.02. The van der Waals surface area contributed by atoms with Crippen molar-refractivity contribution in [2.45, 2.75) is 37.6 Å². The molecule has 1 saturated carbocycles. The first-order chi connectivity index (χ1) is 5.27. The van der Waals surface area contributed by atoms with Crippen molar-refractivity contribution in [1.82, 2.24) is 0 Å². The smallest absolute Gasteiger partial charge is 0.103 e. The highest BCUT2D eigenvalue weighted by atomic mass is 19.1. The summed E-state index contributed by atoms with van der Waals surface area (Å²) in [5, 5.41) is 0. The van der Waals surface area contributed by atoms with Gasteiger partial charge in [-0.2, -0.15) is 0 Å². The average Bonchev–Trinajstić information content (AvgIpc) is 2.04. The maximum atomic E-state index is 12.8. The Labute approximate surface area is 66.7 Å². The normalized spacial score (nSPS) is 39.0. The quantitative estimate of drug-likeness (QED) is 0.613. The van der Waals surface area contributed by atoms with E-state index in [-0.39, 0.29) is 12.2 Å². The summed E-state index contributed by atoms with van der Waals surface area (Å²) in [6, 6.07) is 0. The molecule has 0 aromatic heterocycles. The average molecular weight is 162 g/mol. The van der Waals surface area contributed by atoms with Crippen LogP contribution >= 0.6 is 0 Å². The molecule has 1 fully saturated rings. The van der Waals surface area contributed by atoms with E-state index in [1.54, 1.807) is 14.2 Å². The molecular formula is C8H15FO2. The van der Waals surface area contributed by atoms with Gasteiger partial charge in [0.1, 0.15) is 6.17 Å². The van der Waals surface area contributed by atoms with E-state index in [4.69, 9.17) is 9.47 Å². The van der Waals surface area contributed by atoms with Crippen LogP contribution in [0, 0.1) is 0 Å². The lowest BCUT2D eigenvalue weighted by Gasteiger charge is -2.30. The third-order valence-corrected chi connectivity index (χ3v) is 2.27. The Bertz CT molecular complexity index is 119. The van der Waals surface area contributed by atoms with Gasteiger partial charge in [0.2, 0.25) is 0 Å². The van der Waals surface area contributed by atoms with Gasteiger partial charge in [-0.3, -0.25) is 0 Å². The van der Waals surface area contributed by atoms with E-state index >= 15 is 0 Å². The molecule has 3 heteroatoms. The molecule has 0 bridgehead atoms. The molecule has 0 N–H and O–H groups in total. The maximum Gasteiger partial charge on any atom is 0.103 e. The van der Waals surface area contributed by atoms with Crippen molar-refractivity contribution in [3.8, 4) is 0 Å². The highest BCUT2D eigenvalue weighted by Gasteiger charge is 2.30. The van der Waals surface area contributed by atoms with Crippen LogP contribution in [-0.2, 0) is 9.47 Å². The molecule has 1 rings (SSSR count). The van der Waals surface area contributed by atoms with Crippen LogP contribution in [0.25, 0.3) is 0 Å². The van der Waals surface area contributed by atoms with Crippen LogP contribution in [0.5, 0.6) is 0 Å². The van der Waals surface area contributed by atoms with Crippen molar-refractivity contribution < 1.29 is 13.9 Å². The summed E-state index contributed by atoms with van der Waals surface area (Å²) in [6.07, 6.45) is 1.20. The fourth-order valence-corrected chi connectivity index (χ4v) is 1.57. The van der Waals surface area contributed by atoms with Crippen molar-refractivity contribution >= 4 is 0 Å². The van der Waals surface area contributed by atoms with Gasteiger partial charge < -0.3 is 9.47 Å². The Morgan fingerprint density at radius 3 is 2.27 bits per heavy atom. The molecule has 0 saturated heterocycles. The van der Waals surface area contributed by atoms with Crippen LogP contribution in [0.3, 0.4) is 0 Å². The van der Waals surface area contributed by atoms with Crippen LogP contribution in [0.2, 0.25) is 0 Å². The lowest BCUT2D eigenvalue weighted by molar-refractivity contribution is -0.0739. The summed E-state index contributed by atoms with van der Waals surface area (Å²) in [4.78, 5) is 0. The molecule has 0 amide bonds. The Kier molecular flexibility index (Phi) is 3.27. The number of ether oxygens (including phenoxy) is 2. The zero-order chi connectivity index (χ0) is 8.27. The number of alkyl halides is 1. The van der Waals surface area contributed by atoms with E-state index in [0.717, 1.165) is 6.42 Å².